The summed E-state index contributed by atoms with van der Waals surface area (Å²) < 4.78 is 34.1. The number of amides is 1. The molecule has 1 N–H and O–H groups in total. The van der Waals surface area contributed by atoms with Gasteiger partial charge in [0.05, 0.1) is 10.6 Å². The maximum absolute atomic E-state index is 12.7. The second-order valence-electron chi connectivity index (χ2n) is 6.64. The smallest absolute Gasteiger partial charge is 0.261 e. The average molecular weight is 451 g/mol. The van der Waals surface area contributed by atoms with Gasteiger partial charge in [0.2, 0.25) is 0 Å². The summed E-state index contributed by atoms with van der Waals surface area (Å²) in [5.41, 5.74) is 2.23. The van der Waals surface area contributed by atoms with Crippen LogP contribution < -0.4 is 9.62 Å². The van der Waals surface area contributed by atoms with Gasteiger partial charge in [-0.05, 0) is 61.2 Å². The largest absolute Gasteiger partial charge is 0.368 e. The van der Waals surface area contributed by atoms with Gasteiger partial charge in [0.1, 0.15) is 6.10 Å². The first kappa shape index (κ1) is 18.5. The Hall–Kier alpha value is -1.90. The van der Waals surface area contributed by atoms with Gasteiger partial charge in [-0.25, -0.2) is 8.42 Å². The van der Waals surface area contributed by atoms with Gasteiger partial charge in [-0.3, -0.25) is 9.52 Å². The lowest BCUT2D eigenvalue weighted by Gasteiger charge is -2.21. The Morgan fingerprint density at radius 1 is 1.19 bits per heavy atom. The van der Waals surface area contributed by atoms with Crippen molar-refractivity contribution in [1.29, 1.82) is 0 Å². The molecule has 8 heteroatoms. The van der Waals surface area contributed by atoms with E-state index in [0.29, 0.717) is 18.8 Å². The molecule has 2 heterocycles. The zero-order valence-corrected chi connectivity index (χ0v) is 16.9. The summed E-state index contributed by atoms with van der Waals surface area (Å²) in [6.07, 6.45) is 2.00. The Morgan fingerprint density at radius 2 is 1.96 bits per heavy atom. The van der Waals surface area contributed by atoms with Gasteiger partial charge in [-0.15, -0.1) is 0 Å². The van der Waals surface area contributed by atoms with Crippen molar-refractivity contribution in [3.05, 3.63) is 52.5 Å². The third-order valence-electron chi connectivity index (χ3n) is 4.83. The Labute approximate surface area is 166 Å². The molecule has 2 aliphatic heterocycles. The summed E-state index contributed by atoms with van der Waals surface area (Å²) in [4.78, 5) is 14.6. The molecule has 1 saturated heterocycles. The van der Waals surface area contributed by atoms with E-state index < -0.39 is 10.0 Å². The summed E-state index contributed by atoms with van der Waals surface area (Å²) in [6, 6.07) is 11.8. The summed E-state index contributed by atoms with van der Waals surface area (Å²) in [6.45, 7) is 1.21. The molecule has 2 aliphatic rings. The Morgan fingerprint density at radius 3 is 2.67 bits per heavy atom. The molecule has 0 bridgehead atoms. The maximum atomic E-state index is 12.7. The summed E-state index contributed by atoms with van der Waals surface area (Å²) in [7, 11) is -3.70. The first-order valence-electron chi connectivity index (χ1n) is 8.78. The van der Waals surface area contributed by atoms with Crippen LogP contribution in [0.2, 0.25) is 0 Å². The fourth-order valence-corrected chi connectivity index (χ4v) is 4.76. The molecule has 2 aromatic carbocycles. The number of carbonyl (C=O) groups excluding carboxylic acids is 1. The molecule has 0 saturated carbocycles. The highest BCUT2D eigenvalue weighted by Gasteiger charge is 2.33. The topological polar surface area (TPSA) is 75.7 Å². The standard InChI is InChI=1S/C19H19BrN2O4S/c20-14-4-7-16(8-5-14)27(24,25)21-15-6-3-13-9-10-22(17(13)12-15)19(23)18-2-1-11-26-18/h3-8,12,18,21H,1-2,9-11H2. The minimum atomic E-state index is -3.70. The van der Waals surface area contributed by atoms with Crippen molar-refractivity contribution < 1.29 is 17.9 Å². The van der Waals surface area contributed by atoms with Crippen LogP contribution in [0.4, 0.5) is 11.4 Å². The second-order valence-corrected chi connectivity index (χ2v) is 9.24. The first-order chi connectivity index (χ1) is 12.9. The molecule has 1 unspecified atom stereocenters. The number of benzene rings is 2. The van der Waals surface area contributed by atoms with E-state index in [-0.39, 0.29) is 16.9 Å². The van der Waals surface area contributed by atoms with E-state index in [1.54, 1.807) is 29.2 Å². The third-order valence-corrected chi connectivity index (χ3v) is 6.75. The highest BCUT2D eigenvalue weighted by molar-refractivity contribution is 9.10. The second kappa shape index (κ2) is 7.26. The van der Waals surface area contributed by atoms with E-state index in [4.69, 9.17) is 4.74 Å². The number of sulfonamides is 1. The van der Waals surface area contributed by atoms with E-state index >= 15 is 0 Å². The first-order valence-corrected chi connectivity index (χ1v) is 11.1. The van der Waals surface area contributed by atoms with E-state index in [1.807, 2.05) is 6.07 Å². The number of rotatable bonds is 4. The average Bonchev–Trinajstić information content (AvgIpc) is 3.31. The van der Waals surface area contributed by atoms with Gasteiger partial charge < -0.3 is 9.64 Å². The minimum Gasteiger partial charge on any atom is -0.368 e. The predicted molar refractivity (Wildman–Crippen MR) is 106 cm³/mol. The molecular formula is C19H19BrN2O4S. The molecule has 4 rings (SSSR count). The molecule has 2 aromatic rings. The molecule has 0 spiro atoms. The van der Waals surface area contributed by atoms with Gasteiger partial charge in [0.25, 0.3) is 15.9 Å². The van der Waals surface area contributed by atoms with E-state index in [9.17, 15) is 13.2 Å². The molecule has 1 atom stereocenters. The lowest BCUT2D eigenvalue weighted by atomic mass is 10.1. The molecule has 0 aliphatic carbocycles. The number of hydrogen-bond donors (Lipinski definition) is 1. The van der Waals surface area contributed by atoms with Crippen LogP contribution in [-0.2, 0) is 26.0 Å². The van der Waals surface area contributed by atoms with Crippen LogP contribution in [0.25, 0.3) is 0 Å². The number of nitrogens with one attached hydrogen (secondary N) is 1. The van der Waals surface area contributed by atoms with Crippen molar-refractivity contribution in [2.75, 3.05) is 22.8 Å². The van der Waals surface area contributed by atoms with Crippen LogP contribution in [0.3, 0.4) is 0 Å². The Kier molecular flexibility index (Phi) is 4.96. The predicted octanol–water partition coefficient (Wildman–Crippen LogP) is 3.32. The fraction of sp³-hybridized carbons (Fsp3) is 0.316. The molecule has 6 nitrogen and oxygen atoms in total. The van der Waals surface area contributed by atoms with Crippen LogP contribution in [0.15, 0.2) is 51.8 Å². The number of nitrogens with zero attached hydrogens (tertiary/aromatic N) is 1. The van der Waals surface area contributed by atoms with Gasteiger partial charge in [-0.1, -0.05) is 22.0 Å². The third kappa shape index (κ3) is 3.74. The zero-order chi connectivity index (χ0) is 19.0. The van der Waals surface area contributed by atoms with E-state index in [0.717, 1.165) is 35.0 Å². The Bertz CT molecular complexity index is 970. The van der Waals surface area contributed by atoms with Gasteiger partial charge in [0, 0.05) is 23.3 Å². The number of ether oxygens (including phenoxy) is 1. The summed E-state index contributed by atoms with van der Waals surface area (Å²) in [5, 5.41) is 0. The minimum absolute atomic E-state index is 0.0424. The van der Waals surface area contributed by atoms with Gasteiger partial charge >= 0.3 is 0 Å². The molecule has 142 valence electrons. The molecule has 1 amide bonds. The SMILES string of the molecule is O=C(C1CCCO1)N1CCc2ccc(NS(=O)(=O)c3ccc(Br)cc3)cc21. The van der Waals surface area contributed by atoms with Crippen LogP contribution in [0, 0.1) is 0 Å². The number of fused-ring (bicyclic) bond motifs is 1. The Balaban J connectivity index is 1.58. The van der Waals surface area contributed by atoms with Crippen LogP contribution >= 0.6 is 15.9 Å². The van der Waals surface area contributed by atoms with Crippen molar-refractivity contribution in [2.24, 2.45) is 0 Å². The van der Waals surface area contributed by atoms with Crippen molar-refractivity contribution in [2.45, 2.75) is 30.3 Å². The van der Waals surface area contributed by atoms with Crippen molar-refractivity contribution >= 4 is 43.2 Å². The normalized spacial score (nSPS) is 19.1. The quantitative estimate of drug-likeness (QED) is 0.774. The molecule has 0 radical (unpaired) electrons. The highest BCUT2D eigenvalue weighted by Crippen LogP contribution is 2.33. The monoisotopic (exact) mass is 450 g/mol. The summed E-state index contributed by atoms with van der Waals surface area (Å²) in [5.74, 6) is -0.0424. The summed E-state index contributed by atoms with van der Waals surface area (Å²) >= 11 is 3.30. The molecular weight excluding hydrogens is 432 g/mol. The molecule has 0 aromatic heterocycles. The number of hydrogen-bond acceptors (Lipinski definition) is 4. The van der Waals surface area contributed by atoms with Crippen molar-refractivity contribution in [1.82, 2.24) is 0 Å². The van der Waals surface area contributed by atoms with Crippen LogP contribution in [0.5, 0.6) is 0 Å². The highest BCUT2D eigenvalue weighted by atomic mass is 79.9. The van der Waals surface area contributed by atoms with Gasteiger partial charge in [-0.2, -0.15) is 0 Å². The van der Waals surface area contributed by atoms with Crippen molar-refractivity contribution in [3.8, 4) is 0 Å². The number of carbonyl (C=O) groups is 1. The number of anilines is 2. The van der Waals surface area contributed by atoms with E-state index in [2.05, 4.69) is 20.7 Å². The fourth-order valence-electron chi connectivity index (χ4n) is 3.45. The van der Waals surface area contributed by atoms with E-state index in [1.165, 1.54) is 12.1 Å². The number of halogens is 1. The molecule has 1 fully saturated rings. The maximum Gasteiger partial charge on any atom is 0.261 e. The van der Waals surface area contributed by atoms with Crippen LogP contribution in [-0.4, -0.2) is 33.6 Å². The molecule has 27 heavy (non-hydrogen) atoms. The van der Waals surface area contributed by atoms with Crippen molar-refractivity contribution in [3.63, 3.8) is 0 Å². The lowest BCUT2D eigenvalue weighted by Crippen LogP contribution is -2.37. The zero-order valence-electron chi connectivity index (χ0n) is 14.5. The van der Waals surface area contributed by atoms with Gasteiger partial charge in [0.15, 0.2) is 0 Å². The van der Waals surface area contributed by atoms with Crippen LogP contribution in [0.1, 0.15) is 18.4 Å². The lowest BCUT2D eigenvalue weighted by molar-refractivity contribution is -0.127.